The summed E-state index contributed by atoms with van der Waals surface area (Å²) in [5.74, 6) is 1.44. The van der Waals surface area contributed by atoms with E-state index in [2.05, 4.69) is 25.5 Å². The molecule has 21 heavy (non-hydrogen) atoms. The summed E-state index contributed by atoms with van der Waals surface area (Å²) < 4.78 is 1.98. The number of nitrogens with zero attached hydrogens (tertiary/aromatic N) is 6. The molecule has 0 fully saturated rings. The highest BCUT2D eigenvalue weighted by atomic mass is 15.2. The van der Waals surface area contributed by atoms with E-state index in [1.165, 1.54) is 6.20 Å². The summed E-state index contributed by atoms with van der Waals surface area (Å²) in [6.45, 7) is 0.690. The van der Waals surface area contributed by atoms with Gasteiger partial charge in [0.2, 0.25) is 0 Å². The molecule has 3 heterocycles. The first-order valence-corrected chi connectivity index (χ1v) is 6.62. The molecule has 0 atom stereocenters. The van der Waals surface area contributed by atoms with Crippen molar-refractivity contribution in [1.82, 2.24) is 24.6 Å². The molecular formula is C14H13N7. The summed E-state index contributed by atoms with van der Waals surface area (Å²) in [6.07, 6.45) is 6.67. The van der Waals surface area contributed by atoms with E-state index in [0.717, 1.165) is 24.3 Å². The zero-order valence-electron chi connectivity index (χ0n) is 11.3. The van der Waals surface area contributed by atoms with Gasteiger partial charge in [-0.25, -0.2) is 9.97 Å². The lowest BCUT2D eigenvalue weighted by molar-refractivity contribution is 0.785. The van der Waals surface area contributed by atoms with Crippen molar-refractivity contribution >= 4 is 11.5 Å². The van der Waals surface area contributed by atoms with E-state index in [9.17, 15) is 0 Å². The number of aromatic nitrogens is 5. The van der Waals surface area contributed by atoms with Gasteiger partial charge in [0.15, 0.2) is 17.2 Å². The maximum atomic E-state index is 8.93. The third kappa shape index (κ3) is 2.79. The molecule has 0 bridgehead atoms. The van der Waals surface area contributed by atoms with E-state index in [0.29, 0.717) is 18.1 Å². The van der Waals surface area contributed by atoms with Crippen molar-refractivity contribution in [2.45, 2.75) is 12.8 Å². The van der Waals surface area contributed by atoms with Crippen LogP contribution in [0.1, 0.15) is 17.9 Å². The minimum absolute atomic E-state index is 0.311. The number of pyridine rings is 1. The maximum absolute atomic E-state index is 8.93. The Balaban J connectivity index is 1.58. The van der Waals surface area contributed by atoms with E-state index < -0.39 is 0 Å². The summed E-state index contributed by atoms with van der Waals surface area (Å²) >= 11 is 0. The number of hydrogen-bond acceptors (Lipinski definition) is 6. The number of hydrogen-bond donors (Lipinski definition) is 1. The molecule has 3 aromatic heterocycles. The fraction of sp³-hybridized carbons (Fsp3) is 0.214. The Labute approximate surface area is 121 Å². The van der Waals surface area contributed by atoms with Crippen molar-refractivity contribution in [3.8, 4) is 6.07 Å². The van der Waals surface area contributed by atoms with Crippen LogP contribution in [0.4, 0.5) is 5.82 Å². The van der Waals surface area contributed by atoms with Crippen molar-refractivity contribution in [2.75, 3.05) is 11.9 Å². The van der Waals surface area contributed by atoms with Gasteiger partial charge in [-0.1, -0.05) is 6.07 Å². The van der Waals surface area contributed by atoms with Crippen LogP contribution in [0.15, 0.2) is 36.8 Å². The molecule has 7 heteroatoms. The topological polar surface area (TPSA) is 91.8 Å². The lowest BCUT2D eigenvalue weighted by Gasteiger charge is -2.05. The van der Waals surface area contributed by atoms with Gasteiger partial charge in [-0.05, 0) is 18.6 Å². The summed E-state index contributed by atoms with van der Waals surface area (Å²) in [5.41, 5.74) is 1.16. The number of aryl methyl sites for hydroxylation is 1. The van der Waals surface area contributed by atoms with Crippen molar-refractivity contribution < 1.29 is 0 Å². The second-order valence-corrected chi connectivity index (χ2v) is 4.44. The van der Waals surface area contributed by atoms with Gasteiger partial charge < -0.3 is 5.32 Å². The van der Waals surface area contributed by atoms with Gasteiger partial charge in [-0.15, -0.1) is 10.2 Å². The lowest BCUT2D eigenvalue weighted by atomic mass is 10.3. The van der Waals surface area contributed by atoms with E-state index in [-0.39, 0.29) is 0 Å². The van der Waals surface area contributed by atoms with Gasteiger partial charge in [0, 0.05) is 31.6 Å². The molecule has 0 saturated carbocycles. The molecule has 3 aromatic rings. The highest BCUT2D eigenvalue weighted by Gasteiger charge is 2.05. The molecule has 0 radical (unpaired) electrons. The number of nitriles is 1. The smallest absolute Gasteiger partial charge is 0.182 e. The van der Waals surface area contributed by atoms with Gasteiger partial charge >= 0.3 is 0 Å². The van der Waals surface area contributed by atoms with E-state index in [1.807, 2.05) is 34.9 Å². The predicted molar refractivity (Wildman–Crippen MR) is 76.5 cm³/mol. The van der Waals surface area contributed by atoms with Gasteiger partial charge in [0.25, 0.3) is 0 Å². The maximum Gasteiger partial charge on any atom is 0.182 e. The number of anilines is 1. The lowest BCUT2D eigenvalue weighted by Crippen LogP contribution is -2.08. The predicted octanol–water partition coefficient (Wildman–Crippen LogP) is 1.44. The van der Waals surface area contributed by atoms with Crippen LogP contribution < -0.4 is 5.32 Å². The van der Waals surface area contributed by atoms with E-state index in [1.54, 1.807) is 6.20 Å². The molecule has 3 rings (SSSR count). The minimum atomic E-state index is 0.311. The van der Waals surface area contributed by atoms with Gasteiger partial charge in [-0.2, -0.15) is 5.26 Å². The second kappa shape index (κ2) is 5.96. The second-order valence-electron chi connectivity index (χ2n) is 4.44. The van der Waals surface area contributed by atoms with E-state index >= 15 is 0 Å². The van der Waals surface area contributed by atoms with Crippen LogP contribution in [0.2, 0.25) is 0 Å². The standard InChI is InChI=1S/C14H13N7/c15-10-11-14(18-8-7-16-11)17-6-3-5-13-20-19-12-4-1-2-9-21(12)13/h1-2,4,7-9H,3,5-6H2,(H,17,18). The van der Waals surface area contributed by atoms with Crippen LogP contribution in [0.25, 0.3) is 5.65 Å². The van der Waals surface area contributed by atoms with Crippen LogP contribution in [-0.4, -0.2) is 31.1 Å². The third-order valence-electron chi connectivity index (χ3n) is 3.06. The Hall–Kier alpha value is -3.01. The molecule has 0 unspecified atom stereocenters. The fourth-order valence-electron chi connectivity index (χ4n) is 2.06. The third-order valence-corrected chi connectivity index (χ3v) is 3.06. The van der Waals surface area contributed by atoms with Crippen LogP contribution >= 0.6 is 0 Å². The highest BCUT2D eigenvalue weighted by molar-refractivity contribution is 5.46. The molecule has 1 N–H and O–H groups in total. The summed E-state index contributed by atoms with van der Waals surface area (Å²) in [6, 6.07) is 7.83. The Morgan fingerprint density at radius 1 is 1.19 bits per heavy atom. The molecule has 0 saturated heterocycles. The molecule has 0 spiro atoms. The number of nitrogens with one attached hydrogen (secondary N) is 1. The molecule has 0 amide bonds. The average Bonchev–Trinajstić information content (AvgIpc) is 2.95. The number of fused-ring (bicyclic) bond motifs is 1. The van der Waals surface area contributed by atoms with Crippen LogP contribution in [0.5, 0.6) is 0 Å². The van der Waals surface area contributed by atoms with Crippen molar-refractivity contribution in [1.29, 1.82) is 5.26 Å². The van der Waals surface area contributed by atoms with Crippen molar-refractivity contribution in [3.05, 3.63) is 48.3 Å². The summed E-state index contributed by atoms with van der Waals surface area (Å²) in [5, 5.41) is 20.3. The molecule has 7 nitrogen and oxygen atoms in total. The molecule has 104 valence electrons. The summed E-state index contributed by atoms with van der Waals surface area (Å²) in [7, 11) is 0. The largest absolute Gasteiger partial charge is 0.368 e. The molecule has 0 aliphatic rings. The monoisotopic (exact) mass is 279 g/mol. The normalized spacial score (nSPS) is 10.4. The van der Waals surface area contributed by atoms with Gasteiger partial charge in [0.05, 0.1) is 0 Å². The highest BCUT2D eigenvalue weighted by Crippen LogP contribution is 2.08. The van der Waals surface area contributed by atoms with Crippen LogP contribution in [0.3, 0.4) is 0 Å². The molecule has 0 aromatic carbocycles. The fourth-order valence-corrected chi connectivity index (χ4v) is 2.06. The van der Waals surface area contributed by atoms with Gasteiger partial charge in [-0.3, -0.25) is 4.40 Å². The van der Waals surface area contributed by atoms with Crippen LogP contribution in [0, 0.1) is 11.3 Å². The molecule has 0 aliphatic heterocycles. The average molecular weight is 279 g/mol. The first kappa shape index (κ1) is 13.0. The zero-order chi connectivity index (χ0) is 14.5. The Kier molecular flexibility index (Phi) is 3.69. The molecular weight excluding hydrogens is 266 g/mol. The van der Waals surface area contributed by atoms with E-state index in [4.69, 9.17) is 5.26 Å². The first-order chi connectivity index (χ1) is 10.4. The van der Waals surface area contributed by atoms with Crippen LogP contribution in [-0.2, 0) is 6.42 Å². The zero-order valence-corrected chi connectivity index (χ0v) is 11.3. The Morgan fingerprint density at radius 2 is 2.10 bits per heavy atom. The quantitative estimate of drug-likeness (QED) is 0.710. The Morgan fingerprint density at radius 3 is 3.00 bits per heavy atom. The SMILES string of the molecule is N#Cc1nccnc1NCCCc1nnc2ccccn12. The van der Waals surface area contributed by atoms with Crippen molar-refractivity contribution in [3.63, 3.8) is 0 Å². The van der Waals surface area contributed by atoms with Gasteiger partial charge in [0.1, 0.15) is 11.9 Å². The van der Waals surface area contributed by atoms with Crippen molar-refractivity contribution in [2.24, 2.45) is 0 Å². The minimum Gasteiger partial charge on any atom is -0.368 e. The number of rotatable bonds is 5. The Bertz CT molecular complexity index is 787. The molecule has 0 aliphatic carbocycles. The first-order valence-electron chi connectivity index (χ1n) is 6.62. The summed E-state index contributed by atoms with van der Waals surface area (Å²) in [4.78, 5) is 8.06.